The zero-order chi connectivity index (χ0) is 16.4. The summed E-state index contributed by atoms with van der Waals surface area (Å²) < 4.78 is 31.2. The molecule has 1 N–H and O–H groups in total. The lowest BCUT2D eigenvalue weighted by Crippen LogP contribution is -2.51. The van der Waals surface area contributed by atoms with Crippen molar-refractivity contribution in [3.8, 4) is 0 Å². The minimum atomic E-state index is -3.32. The summed E-state index contributed by atoms with van der Waals surface area (Å²) in [6.45, 7) is 3.75. The average Bonchev–Trinajstić information content (AvgIpc) is 3.02. The smallest absolute Gasteiger partial charge is 0.224 e. The molecule has 128 valence electrons. The lowest BCUT2D eigenvalue weighted by Gasteiger charge is -2.35. The van der Waals surface area contributed by atoms with Crippen molar-refractivity contribution < 1.29 is 17.9 Å². The Morgan fingerprint density at radius 2 is 2.30 bits per heavy atom. The first-order chi connectivity index (χ1) is 11.0. The summed E-state index contributed by atoms with van der Waals surface area (Å²) in [6, 6.07) is -0.410. The van der Waals surface area contributed by atoms with Gasteiger partial charge in [-0.2, -0.15) is 9.40 Å². The SMILES string of the molecule is CCS(=O)(=O)N1CCOC[C@H]1CC(=O)N1CCc2[nH]ncc2C1. The van der Waals surface area contributed by atoms with Crippen molar-refractivity contribution in [1.82, 2.24) is 19.4 Å². The summed E-state index contributed by atoms with van der Waals surface area (Å²) in [5.74, 6) is 0.00317. The largest absolute Gasteiger partial charge is 0.378 e. The molecular weight excluding hydrogens is 320 g/mol. The molecule has 0 radical (unpaired) electrons. The molecular formula is C14H22N4O4S. The van der Waals surface area contributed by atoms with Crippen molar-refractivity contribution in [2.45, 2.75) is 32.4 Å². The molecule has 0 unspecified atom stereocenters. The summed E-state index contributed by atoms with van der Waals surface area (Å²) in [6.07, 6.45) is 2.65. The average molecular weight is 342 g/mol. The number of sulfonamides is 1. The van der Waals surface area contributed by atoms with Crippen LogP contribution in [0.3, 0.4) is 0 Å². The molecule has 2 aliphatic rings. The zero-order valence-corrected chi connectivity index (χ0v) is 14.0. The molecule has 0 spiro atoms. The van der Waals surface area contributed by atoms with E-state index < -0.39 is 16.1 Å². The van der Waals surface area contributed by atoms with E-state index >= 15 is 0 Å². The zero-order valence-electron chi connectivity index (χ0n) is 13.2. The van der Waals surface area contributed by atoms with E-state index in [1.165, 1.54) is 4.31 Å². The molecule has 3 rings (SSSR count). The van der Waals surface area contributed by atoms with Gasteiger partial charge in [-0.25, -0.2) is 8.42 Å². The maximum atomic E-state index is 12.6. The minimum Gasteiger partial charge on any atom is -0.378 e. The molecule has 0 bridgehead atoms. The highest BCUT2D eigenvalue weighted by Gasteiger charge is 2.34. The number of rotatable bonds is 4. The number of hydrogen-bond acceptors (Lipinski definition) is 5. The highest BCUT2D eigenvalue weighted by Crippen LogP contribution is 2.20. The van der Waals surface area contributed by atoms with Gasteiger partial charge < -0.3 is 9.64 Å². The van der Waals surface area contributed by atoms with E-state index in [1.54, 1.807) is 18.0 Å². The van der Waals surface area contributed by atoms with Crippen molar-refractivity contribution in [2.75, 3.05) is 32.1 Å². The van der Waals surface area contributed by atoms with E-state index in [-0.39, 0.29) is 24.7 Å². The normalized spacial score (nSPS) is 22.8. The molecule has 3 heterocycles. The molecule has 1 atom stereocenters. The standard InChI is InChI=1S/C14H22N4O4S/c1-2-23(20,21)18-5-6-22-10-12(18)7-14(19)17-4-3-13-11(9-17)8-15-16-13/h8,12H,2-7,9-10H2,1H3,(H,15,16)/t12-/m1/s1. The Bertz CT molecular complexity index is 672. The van der Waals surface area contributed by atoms with E-state index in [1.807, 2.05) is 0 Å². The first-order valence-corrected chi connectivity index (χ1v) is 9.48. The maximum Gasteiger partial charge on any atom is 0.224 e. The first-order valence-electron chi connectivity index (χ1n) is 7.87. The molecule has 1 aromatic rings. The van der Waals surface area contributed by atoms with Crippen LogP contribution in [-0.2, 0) is 32.5 Å². The van der Waals surface area contributed by atoms with E-state index in [0.29, 0.717) is 26.2 Å². The van der Waals surface area contributed by atoms with Crippen LogP contribution in [0.2, 0.25) is 0 Å². The summed E-state index contributed by atoms with van der Waals surface area (Å²) in [5, 5.41) is 6.94. The quantitative estimate of drug-likeness (QED) is 0.813. The van der Waals surface area contributed by atoms with Crippen LogP contribution in [0.5, 0.6) is 0 Å². The van der Waals surface area contributed by atoms with Gasteiger partial charge in [0.15, 0.2) is 0 Å². The minimum absolute atomic E-state index is 0.0383. The number of morpholine rings is 1. The Morgan fingerprint density at radius 3 is 3.09 bits per heavy atom. The molecule has 1 fully saturated rings. The summed E-state index contributed by atoms with van der Waals surface area (Å²) in [5.41, 5.74) is 2.10. The Labute approximate surface area is 135 Å². The second-order valence-electron chi connectivity index (χ2n) is 5.88. The number of nitrogens with one attached hydrogen (secondary N) is 1. The van der Waals surface area contributed by atoms with Crippen LogP contribution >= 0.6 is 0 Å². The second kappa shape index (κ2) is 6.58. The number of amides is 1. The number of aromatic nitrogens is 2. The van der Waals surface area contributed by atoms with E-state index in [2.05, 4.69) is 10.2 Å². The van der Waals surface area contributed by atoms with E-state index in [9.17, 15) is 13.2 Å². The molecule has 1 saturated heterocycles. The molecule has 9 heteroatoms. The lowest BCUT2D eigenvalue weighted by molar-refractivity contribution is -0.134. The van der Waals surface area contributed by atoms with Crippen molar-refractivity contribution in [3.05, 3.63) is 17.5 Å². The van der Waals surface area contributed by atoms with Gasteiger partial charge >= 0.3 is 0 Å². The van der Waals surface area contributed by atoms with Crippen LogP contribution < -0.4 is 0 Å². The van der Waals surface area contributed by atoms with Crippen LogP contribution in [0.15, 0.2) is 6.20 Å². The molecule has 1 aromatic heterocycles. The summed E-state index contributed by atoms with van der Waals surface area (Å²) in [4.78, 5) is 14.3. The Morgan fingerprint density at radius 1 is 1.48 bits per heavy atom. The van der Waals surface area contributed by atoms with Crippen molar-refractivity contribution in [3.63, 3.8) is 0 Å². The second-order valence-corrected chi connectivity index (χ2v) is 8.09. The van der Waals surface area contributed by atoms with Gasteiger partial charge in [-0.15, -0.1) is 0 Å². The fourth-order valence-electron chi connectivity index (χ4n) is 3.10. The van der Waals surface area contributed by atoms with Crippen LogP contribution in [0.1, 0.15) is 24.6 Å². The van der Waals surface area contributed by atoms with Crippen LogP contribution in [0, 0.1) is 0 Å². The number of ether oxygens (including phenoxy) is 1. The van der Waals surface area contributed by atoms with Gasteiger partial charge in [0.2, 0.25) is 15.9 Å². The predicted octanol–water partition coefficient (Wildman–Crippen LogP) is -0.265. The molecule has 0 aromatic carbocycles. The van der Waals surface area contributed by atoms with Gasteiger partial charge in [-0.3, -0.25) is 9.89 Å². The van der Waals surface area contributed by atoms with Gasteiger partial charge in [-0.1, -0.05) is 0 Å². The van der Waals surface area contributed by atoms with Gasteiger partial charge in [0, 0.05) is 43.7 Å². The van der Waals surface area contributed by atoms with E-state index in [0.717, 1.165) is 17.7 Å². The van der Waals surface area contributed by atoms with Crippen molar-refractivity contribution >= 4 is 15.9 Å². The maximum absolute atomic E-state index is 12.6. The molecule has 2 aliphatic heterocycles. The Kier molecular flexibility index (Phi) is 4.69. The molecule has 0 aliphatic carbocycles. The monoisotopic (exact) mass is 342 g/mol. The van der Waals surface area contributed by atoms with Crippen LogP contribution in [0.25, 0.3) is 0 Å². The fraction of sp³-hybridized carbons (Fsp3) is 0.714. The number of nitrogens with zero attached hydrogens (tertiary/aromatic N) is 3. The van der Waals surface area contributed by atoms with Crippen LogP contribution in [-0.4, -0.2) is 71.8 Å². The number of fused-ring (bicyclic) bond motifs is 1. The van der Waals surface area contributed by atoms with Gasteiger partial charge in [0.05, 0.1) is 31.2 Å². The van der Waals surface area contributed by atoms with Gasteiger partial charge in [0.25, 0.3) is 0 Å². The fourth-order valence-corrected chi connectivity index (χ4v) is 4.37. The number of carbonyl (C=O) groups excluding carboxylic acids is 1. The summed E-state index contributed by atoms with van der Waals surface area (Å²) in [7, 11) is -3.32. The van der Waals surface area contributed by atoms with Crippen molar-refractivity contribution in [1.29, 1.82) is 0 Å². The van der Waals surface area contributed by atoms with Gasteiger partial charge in [0.1, 0.15) is 0 Å². The molecule has 23 heavy (non-hydrogen) atoms. The first kappa shape index (κ1) is 16.4. The number of carbonyl (C=O) groups is 1. The van der Waals surface area contributed by atoms with E-state index in [4.69, 9.17) is 4.74 Å². The Hall–Kier alpha value is -1.45. The van der Waals surface area contributed by atoms with Crippen LogP contribution in [0.4, 0.5) is 0 Å². The molecule has 0 saturated carbocycles. The third-order valence-corrected chi connectivity index (χ3v) is 6.38. The number of H-pyrrole nitrogens is 1. The molecule has 1 amide bonds. The van der Waals surface area contributed by atoms with Gasteiger partial charge in [-0.05, 0) is 6.92 Å². The predicted molar refractivity (Wildman–Crippen MR) is 83.1 cm³/mol. The molecule has 8 nitrogen and oxygen atoms in total. The number of aromatic amines is 1. The highest BCUT2D eigenvalue weighted by molar-refractivity contribution is 7.89. The third kappa shape index (κ3) is 3.41. The Balaban J connectivity index is 1.67. The number of hydrogen-bond donors (Lipinski definition) is 1. The highest BCUT2D eigenvalue weighted by atomic mass is 32.2. The van der Waals surface area contributed by atoms with Crippen molar-refractivity contribution in [2.24, 2.45) is 0 Å². The topological polar surface area (TPSA) is 95.6 Å². The summed E-state index contributed by atoms with van der Waals surface area (Å²) >= 11 is 0. The third-order valence-electron chi connectivity index (χ3n) is 4.46. The lowest BCUT2D eigenvalue weighted by atomic mass is 10.1.